The van der Waals surface area contributed by atoms with Crippen LogP contribution >= 0.6 is 0 Å². The van der Waals surface area contributed by atoms with E-state index in [0.29, 0.717) is 23.3 Å². The highest BCUT2D eigenvalue weighted by molar-refractivity contribution is 6.07. The first-order valence-electron chi connectivity index (χ1n) is 8.13. The van der Waals surface area contributed by atoms with Crippen LogP contribution in [0.2, 0.25) is 0 Å². The number of hydrogen-bond donors (Lipinski definition) is 2. The van der Waals surface area contributed by atoms with E-state index in [-0.39, 0.29) is 17.3 Å². The van der Waals surface area contributed by atoms with E-state index in [1.807, 2.05) is 0 Å². The molecule has 4 nitrogen and oxygen atoms in total. The Hall–Kier alpha value is -1.68. The lowest BCUT2D eigenvalue weighted by atomic mass is 9.47. The summed E-state index contributed by atoms with van der Waals surface area (Å²) in [6.45, 7) is 0. The van der Waals surface area contributed by atoms with Crippen molar-refractivity contribution in [3.05, 3.63) is 35.4 Å². The molecule has 0 radical (unpaired) electrons. The van der Waals surface area contributed by atoms with Gasteiger partial charge in [-0.1, -0.05) is 18.2 Å². The van der Waals surface area contributed by atoms with E-state index < -0.39 is 11.5 Å². The van der Waals surface area contributed by atoms with Crippen molar-refractivity contribution < 1.29 is 14.7 Å². The molecular formula is C18H21NO3. The molecule has 0 heterocycles. The molecule has 4 bridgehead atoms. The lowest BCUT2D eigenvalue weighted by Crippen LogP contribution is -2.64. The Balaban J connectivity index is 1.73. The minimum absolute atomic E-state index is 0.0516. The van der Waals surface area contributed by atoms with Crippen molar-refractivity contribution in [2.75, 3.05) is 0 Å². The van der Waals surface area contributed by atoms with Crippen LogP contribution in [0.4, 0.5) is 0 Å². The van der Waals surface area contributed by atoms with Crippen LogP contribution in [0.1, 0.15) is 52.8 Å². The maximum absolute atomic E-state index is 13.1. The van der Waals surface area contributed by atoms with Crippen LogP contribution in [0.25, 0.3) is 0 Å². The van der Waals surface area contributed by atoms with Gasteiger partial charge in [0.1, 0.15) is 0 Å². The van der Waals surface area contributed by atoms with Gasteiger partial charge in [0.2, 0.25) is 0 Å². The maximum Gasteiger partial charge on any atom is 0.336 e. The van der Waals surface area contributed by atoms with E-state index in [4.69, 9.17) is 5.73 Å². The van der Waals surface area contributed by atoms with Crippen molar-refractivity contribution in [3.63, 3.8) is 0 Å². The predicted molar refractivity (Wildman–Crippen MR) is 81.7 cm³/mol. The summed E-state index contributed by atoms with van der Waals surface area (Å²) in [4.78, 5) is 24.5. The van der Waals surface area contributed by atoms with Crippen molar-refractivity contribution in [1.82, 2.24) is 0 Å². The lowest BCUT2D eigenvalue weighted by molar-refractivity contribution is -0.0422. The van der Waals surface area contributed by atoms with Gasteiger partial charge in [-0.25, -0.2) is 4.79 Å². The molecule has 116 valence electrons. The quantitative estimate of drug-likeness (QED) is 0.841. The third-order valence-electron chi connectivity index (χ3n) is 6.07. The van der Waals surface area contributed by atoms with Crippen molar-refractivity contribution in [2.45, 2.75) is 37.6 Å². The van der Waals surface area contributed by atoms with Gasteiger partial charge in [-0.2, -0.15) is 0 Å². The molecule has 3 N–H and O–H groups in total. The number of benzene rings is 1. The van der Waals surface area contributed by atoms with Crippen LogP contribution in [0.3, 0.4) is 0 Å². The average molecular weight is 299 g/mol. The number of hydrogen-bond acceptors (Lipinski definition) is 3. The van der Waals surface area contributed by atoms with Gasteiger partial charge in [0.15, 0.2) is 5.78 Å². The van der Waals surface area contributed by atoms with Crippen LogP contribution in [-0.4, -0.2) is 22.4 Å². The van der Waals surface area contributed by atoms with E-state index in [9.17, 15) is 14.7 Å². The minimum Gasteiger partial charge on any atom is -0.478 e. The average Bonchev–Trinajstić information content (AvgIpc) is 2.44. The molecule has 1 aromatic carbocycles. The molecule has 0 aliphatic heterocycles. The van der Waals surface area contributed by atoms with E-state index >= 15 is 0 Å². The predicted octanol–water partition coefficient (Wildman–Crippen LogP) is 2.72. The van der Waals surface area contributed by atoms with Crippen LogP contribution in [0.5, 0.6) is 0 Å². The van der Waals surface area contributed by atoms with Gasteiger partial charge < -0.3 is 10.8 Å². The summed E-state index contributed by atoms with van der Waals surface area (Å²) in [5.41, 5.74) is 6.67. The normalized spacial score (nSPS) is 39.0. The summed E-state index contributed by atoms with van der Waals surface area (Å²) in [5, 5.41) is 9.35. The topological polar surface area (TPSA) is 80.4 Å². The van der Waals surface area contributed by atoms with Gasteiger partial charge >= 0.3 is 5.97 Å². The number of carboxylic acid groups (broad SMARTS) is 1. The van der Waals surface area contributed by atoms with Crippen molar-refractivity contribution in [1.29, 1.82) is 0 Å². The molecule has 4 saturated carbocycles. The summed E-state index contributed by atoms with van der Waals surface area (Å²) in [7, 11) is 0. The number of aromatic carboxylic acids is 1. The highest BCUT2D eigenvalue weighted by atomic mass is 16.4. The first kappa shape index (κ1) is 13.9. The van der Waals surface area contributed by atoms with Crippen molar-refractivity contribution >= 4 is 11.8 Å². The fraction of sp³-hybridized carbons (Fsp3) is 0.556. The van der Waals surface area contributed by atoms with Crippen molar-refractivity contribution in [2.24, 2.45) is 29.4 Å². The number of Topliss-reactive ketones (excluding diaryl/α,β-unsaturated/α-hetero) is 1. The molecule has 1 aromatic rings. The smallest absolute Gasteiger partial charge is 0.336 e. The van der Waals surface area contributed by atoms with Crippen molar-refractivity contribution in [3.8, 4) is 0 Å². The van der Waals surface area contributed by atoms with Crippen LogP contribution in [0, 0.1) is 23.7 Å². The molecule has 0 saturated heterocycles. The molecule has 5 rings (SSSR count). The molecule has 4 aliphatic carbocycles. The van der Waals surface area contributed by atoms with Gasteiger partial charge in [-0.3, -0.25) is 4.79 Å². The Morgan fingerprint density at radius 3 is 2.18 bits per heavy atom. The Kier molecular flexibility index (Phi) is 2.95. The molecular weight excluding hydrogens is 278 g/mol. The third-order valence-corrected chi connectivity index (χ3v) is 6.07. The Labute approximate surface area is 129 Å². The second-order valence-corrected chi connectivity index (χ2v) is 7.53. The fourth-order valence-corrected chi connectivity index (χ4v) is 5.63. The van der Waals surface area contributed by atoms with Gasteiger partial charge in [-0.15, -0.1) is 0 Å². The van der Waals surface area contributed by atoms with Gasteiger partial charge in [0.05, 0.1) is 5.56 Å². The van der Waals surface area contributed by atoms with Crippen LogP contribution in [0.15, 0.2) is 24.3 Å². The molecule has 3 unspecified atom stereocenters. The maximum atomic E-state index is 13.1. The molecule has 0 spiro atoms. The summed E-state index contributed by atoms with van der Waals surface area (Å²) in [5.74, 6) is 0.372. The molecule has 0 amide bonds. The number of carbonyl (C=O) groups excluding carboxylic acids is 1. The summed E-state index contributed by atoms with van der Waals surface area (Å²) >= 11 is 0. The SMILES string of the molecule is NC12CC3CC(CC(C3)C1C(=O)c1ccccc1C(=O)O)C2. The second-order valence-electron chi connectivity index (χ2n) is 7.53. The zero-order valence-electron chi connectivity index (χ0n) is 12.5. The highest BCUT2D eigenvalue weighted by Crippen LogP contribution is 2.58. The largest absolute Gasteiger partial charge is 0.478 e. The number of carbonyl (C=O) groups is 2. The molecule has 0 aromatic heterocycles. The molecule has 4 aliphatic rings. The van der Waals surface area contributed by atoms with E-state index in [1.165, 1.54) is 12.5 Å². The summed E-state index contributed by atoms with van der Waals surface area (Å²) < 4.78 is 0. The Morgan fingerprint density at radius 1 is 1.05 bits per heavy atom. The zero-order chi connectivity index (χ0) is 15.5. The van der Waals surface area contributed by atoms with Gasteiger partial charge in [0.25, 0.3) is 0 Å². The number of nitrogens with two attached hydrogens (primary N) is 1. The lowest BCUT2D eigenvalue weighted by Gasteiger charge is -2.59. The zero-order valence-corrected chi connectivity index (χ0v) is 12.5. The first-order valence-corrected chi connectivity index (χ1v) is 8.13. The monoisotopic (exact) mass is 299 g/mol. The molecule has 4 heteroatoms. The fourth-order valence-electron chi connectivity index (χ4n) is 5.63. The first-order chi connectivity index (χ1) is 10.5. The minimum atomic E-state index is -1.04. The summed E-state index contributed by atoms with van der Waals surface area (Å²) in [6.07, 6.45) is 5.28. The summed E-state index contributed by atoms with van der Waals surface area (Å²) in [6, 6.07) is 6.54. The third kappa shape index (κ3) is 1.93. The second kappa shape index (κ2) is 4.66. The van der Waals surface area contributed by atoms with Gasteiger partial charge in [0, 0.05) is 17.0 Å². The number of carboxylic acids is 1. The number of ketones is 1. The standard InChI is InChI=1S/C18H21NO3/c19-18-8-10-5-11(9-18)7-12(6-10)15(18)16(20)13-3-1-2-4-14(13)17(21)22/h1-4,10-12,15H,5-9,19H2,(H,21,22). The molecule has 3 atom stereocenters. The highest BCUT2D eigenvalue weighted by Gasteiger charge is 2.57. The van der Waals surface area contributed by atoms with E-state index in [0.717, 1.165) is 25.7 Å². The van der Waals surface area contributed by atoms with E-state index in [1.54, 1.807) is 18.2 Å². The Bertz CT molecular complexity index is 639. The van der Waals surface area contributed by atoms with Crippen LogP contribution < -0.4 is 5.73 Å². The van der Waals surface area contributed by atoms with E-state index in [2.05, 4.69) is 0 Å². The number of rotatable bonds is 3. The van der Waals surface area contributed by atoms with Gasteiger partial charge in [-0.05, 0) is 55.9 Å². The van der Waals surface area contributed by atoms with Crippen LogP contribution in [-0.2, 0) is 0 Å². The Morgan fingerprint density at radius 2 is 1.64 bits per heavy atom. The molecule has 4 fully saturated rings. The molecule has 22 heavy (non-hydrogen) atoms.